The summed E-state index contributed by atoms with van der Waals surface area (Å²) in [4.78, 5) is 14.0. The number of aromatic amines is 1. The van der Waals surface area contributed by atoms with Crippen molar-refractivity contribution in [3.63, 3.8) is 0 Å². The van der Waals surface area contributed by atoms with Crippen LogP contribution in [0.3, 0.4) is 0 Å². The Labute approximate surface area is 148 Å². The standard InChI is InChI=1S/C15H16BrFN4O.ClH/c1-21(8-9-6-10(16)2-3-12(9)17)15(22)14-11-7-18-5-4-13(11)19-20-14;/h2-3,6,18H,4-5,7-8H2,1H3,(H,19,20);1H. The van der Waals surface area contributed by atoms with E-state index >= 15 is 0 Å². The number of benzene rings is 1. The Hall–Kier alpha value is -1.44. The Morgan fingerprint density at radius 3 is 3.04 bits per heavy atom. The molecule has 2 aromatic rings. The van der Waals surface area contributed by atoms with E-state index in [-0.39, 0.29) is 30.7 Å². The molecule has 0 aliphatic carbocycles. The lowest BCUT2D eigenvalue weighted by molar-refractivity contribution is 0.0776. The maximum atomic E-state index is 13.8. The molecule has 0 unspecified atom stereocenters. The zero-order chi connectivity index (χ0) is 15.7. The zero-order valence-electron chi connectivity index (χ0n) is 12.5. The first-order valence-electron chi connectivity index (χ1n) is 7.02. The molecule has 1 amide bonds. The maximum Gasteiger partial charge on any atom is 0.274 e. The number of carbonyl (C=O) groups excluding carboxylic acids is 1. The summed E-state index contributed by atoms with van der Waals surface area (Å²) in [5, 5.41) is 10.3. The van der Waals surface area contributed by atoms with Crippen LogP contribution in [0.2, 0.25) is 0 Å². The van der Waals surface area contributed by atoms with Crippen LogP contribution in [0.1, 0.15) is 27.3 Å². The molecule has 1 aromatic carbocycles. The summed E-state index contributed by atoms with van der Waals surface area (Å²) in [6.45, 7) is 1.70. The Balaban J connectivity index is 0.00000192. The van der Waals surface area contributed by atoms with Crippen LogP contribution >= 0.6 is 28.3 Å². The van der Waals surface area contributed by atoms with Crippen molar-refractivity contribution in [1.82, 2.24) is 20.4 Å². The molecule has 1 aromatic heterocycles. The predicted molar refractivity (Wildman–Crippen MR) is 91.1 cm³/mol. The first kappa shape index (κ1) is 17.9. The summed E-state index contributed by atoms with van der Waals surface area (Å²) in [6, 6.07) is 4.70. The minimum absolute atomic E-state index is 0. The minimum atomic E-state index is -0.325. The Bertz CT molecular complexity index is 721. The van der Waals surface area contributed by atoms with Crippen LogP contribution in [-0.2, 0) is 19.5 Å². The molecule has 0 atom stereocenters. The van der Waals surface area contributed by atoms with Crippen molar-refractivity contribution in [2.45, 2.75) is 19.5 Å². The summed E-state index contributed by atoms with van der Waals surface area (Å²) in [5.74, 6) is -0.533. The highest BCUT2D eigenvalue weighted by molar-refractivity contribution is 9.10. The number of hydrogen-bond acceptors (Lipinski definition) is 3. The van der Waals surface area contributed by atoms with Crippen molar-refractivity contribution in [2.24, 2.45) is 0 Å². The molecule has 0 saturated carbocycles. The van der Waals surface area contributed by atoms with E-state index in [1.165, 1.54) is 11.0 Å². The number of nitrogens with one attached hydrogen (secondary N) is 2. The molecule has 124 valence electrons. The lowest BCUT2D eigenvalue weighted by Gasteiger charge is -2.18. The lowest BCUT2D eigenvalue weighted by Crippen LogP contribution is -2.30. The topological polar surface area (TPSA) is 61.0 Å². The molecule has 3 rings (SSSR count). The maximum absolute atomic E-state index is 13.8. The Morgan fingerprint density at radius 2 is 2.26 bits per heavy atom. The van der Waals surface area contributed by atoms with Crippen LogP contribution < -0.4 is 5.32 Å². The second-order valence-electron chi connectivity index (χ2n) is 5.35. The molecule has 23 heavy (non-hydrogen) atoms. The Kier molecular flexibility index (Phi) is 5.78. The SMILES string of the molecule is CN(Cc1cc(Br)ccc1F)C(=O)c1n[nH]c2c1CNCC2.Cl. The lowest BCUT2D eigenvalue weighted by atomic mass is 10.1. The molecule has 5 nitrogen and oxygen atoms in total. The highest BCUT2D eigenvalue weighted by atomic mass is 79.9. The van der Waals surface area contributed by atoms with Gasteiger partial charge in [0.25, 0.3) is 5.91 Å². The highest BCUT2D eigenvalue weighted by Gasteiger charge is 2.24. The van der Waals surface area contributed by atoms with Crippen LogP contribution in [0, 0.1) is 5.82 Å². The third-order valence-electron chi connectivity index (χ3n) is 3.77. The molecule has 2 N–H and O–H groups in total. The van der Waals surface area contributed by atoms with Crippen molar-refractivity contribution in [2.75, 3.05) is 13.6 Å². The molecule has 1 aliphatic rings. The second kappa shape index (κ2) is 7.42. The van der Waals surface area contributed by atoms with Gasteiger partial charge in [-0.3, -0.25) is 9.89 Å². The van der Waals surface area contributed by atoms with Crippen LogP contribution in [0.4, 0.5) is 4.39 Å². The number of nitrogens with zero attached hydrogens (tertiary/aromatic N) is 2. The van der Waals surface area contributed by atoms with Gasteiger partial charge in [-0.2, -0.15) is 5.10 Å². The molecule has 0 radical (unpaired) electrons. The average molecular weight is 404 g/mol. The van der Waals surface area contributed by atoms with Crippen LogP contribution in [0.5, 0.6) is 0 Å². The van der Waals surface area contributed by atoms with E-state index in [1.54, 1.807) is 19.2 Å². The van der Waals surface area contributed by atoms with E-state index in [0.29, 0.717) is 17.8 Å². The monoisotopic (exact) mass is 402 g/mol. The van der Waals surface area contributed by atoms with Gasteiger partial charge in [0, 0.05) is 54.4 Å². The van der Waals surface area contributed by atoms with E-state index in [2.05, 4.69) is 31.4 Å². The van der Waals surface area contributed by atoms with Gasteiger partial charge in [0.15, 0.2) is 5.69 Å². The van der Waals surface area contributed by atoms with Gasteiger partial charge in [-0.15, -0.1) is 12.4 Å². The van der Waals surface area contributed by atoms with Gasteiger partial charge in [0.1, 0.15) is 5.82 Å². The minimum Gasteiger partial charge on any atom is -0.336 e. The fourth-order valence-corrected chi connectivity index (χ4v) is 2.98. The fourth-order valence-electron chi connectivity index (χ4n) is 2.57. The van der Waals surface area contributed by atoms with Gasteiger partial charge < -0.3 is 10.2 Å². The number of halogens is 3. The summed E-state index contributed by atoms with van der Waals surface area (Å²) >= 11 is 3.32. The molecular formula is C15H17BrClFN4O. The summed E-state index contributed by atoms with van der Waals surface area (Å²) in [7, 11) is 1.65. The van der Waals surface area contributed by atoms with Gasteiger partial charge in [-0.05, 0) is 18.2 Å². The van der Waals surface area contributed by atoms with E-state index in [0.717, 1.165) is 28.7 Å². The van der Waals surface area contributed by atoms with Gasteiger partial charge in [0.05, 0.1) is 0 Å². The quantitative estimate of drug-likeness (QED) is 0.828. The zero-order valence-corrected chi connectivity index (χ0v) is 14.9. The predicted octanol–water partition coefficient (Wildman–Crippen LogP) is 2.65. The number of hydrogen-bond donors (Lipinski definition) is 2. The van der Waals surface area contributed by atoms with Crippen LogP contribution in [0.25, 0.3) is 0 Å². The first-order chi connectivity index (χ1) is 10.6. The van der Waals surface area contributed by atoms with E-state index in [4.69, 9.17) is 0 Å². The first-order valence-corrected chi connectivity index (χ1v) is 7.82. The number of fused-ring (bicyclic) bond motifs is 1. The van der Waals surface area contributed by atoms with Crippen molar-refractivity contribution in [1.29, 1.82) is 0 Å². The third kappa shape index (κ3) is 3.73. The molecule has 8 heteroatoms. The smallest absolute Gasteiger partial charge is 0.274 e. The number of aromatic nitrogens is 2. The largest absolute Gasteiger partial charge is 0.336 e. The van der Waals surface area contributed by atoms with Gasteiger partial charge in [-0.25, -0.2) is 4.39 Å². The molecule has 0 saturated heterocycles. The van der Waals surface area contributed by atoms with Crippen LogP contribution in [-0.4, -0.2) is 34.6 Å². The number of amides is 1. The molecule has 0 fully saturated rings. The normalized spacial score (nSPS) is 13.2. The molecule has 1 aliphatic heterocycles. The molecule has 0 bridgehead atoms. The number of H-pyrrole nitrogens is 1. The number of rotatable bonds is 3. The van der Waals surface area contributed by atoms with E-state index in [1.807, 2.05) is 0 Å². The van der Waals surface area contributed by atoms with Crippen LogP contribution in [0.15, 0.2) is 22.7 Å². The third-order valence-corrected chi connectivity index (χ3v) is 4.26. The van der Waals surface area contributed by atoms with E-state index < -0.39 is 0 Å². The molecular weight excluding hydrogens is 387 g/mol. The van der Waals surface area contributed by atoms with Gasteiger partial charge in [-0.1, -0.05) is 15.9 Å². The molecule has 2 heterocycles. The fraction of sp³-hybridized carbons (Fsp3) is 0.333. The van der Waals surface area contributed by atoms with Gasteiger partial charge in [0.2, 0.25) is 0 Å². The van der Waals surface area contributed by atoms with Crippen molar-refractivity contribution >= 4 is 34.2 Å². The van der Waals surface area contributed by atoms with Crippen molar-refractivity contribution < 1.29 is 9.18 Å². The number of carbonyl (C=O) groups is 1. The van der Waals surface area contributed by atoms with Gasteiger partial charge >= 0.3 is 0 Å². The van der Waals surface area contributed by atoms with Crippen molar-refractivity contribution in [3.8, 4) is 0 Å². The highest BCUT2D eigenvalue weighted by Crippen LogP contribution is 2.20. The summed E-state index contributed by atoms with van der Waals surface area (Å²) in [6.07, 6.45) is 0.833. The second-order valence-corrected chi connectivity index (χ2v) is 6.27. The molecule has 0 spiro atoms. The van der Waals surface area contributed by atoms with E-state index in [9.17, 15) is 9.18 Å². The summed E-state index contributed by atoms with van der Waals surface area (Å²) in [5.41, 5.74) is 2.80. The average Bonchev–Trinajstić information content (AvgIpc) is 2.94. The Morgan fingerprint density at radius 1 is 1.48 bits per heavy atom. The van der Waals surface area contributed by atoms with Crippen molar-refractivity contribution in [3.05, 3.63) is 51.0 Å². The summed E-state index contributed by atoms with van der Waals surface area (Å²) < 4.78 is 14.6.